The second kappa shape index (κ2) is 5.27. The molecular weight excluding hydrogens is 236 g/mol. The van der Waals surface area contributed by atoms with E-state index >= 15 is 0 Å². The fourth-order valence-electron chi connectivity index (χ4n) is 1.37. The van der Waals surface area contributed by atoms with Crippen LogP contribution in [0.4, 0.5) is 8.78 Å². The number of halogens is 3. The van der Waals surface area contributed by atoms with Gasteiger partial charge in [-0.2, -0.15) is 0 Å². The molecule has 88 valence electrons. The van der Waals surface area contributed by atoms with Gasteiger partial charge < -0.3 is 10.4 Å². The van der Waals surface area contributed by atoms with Gasteiger partial charge in [0.1, 0.15) is 17.4 Å². The third kappa shape index (κ3) is 3.18. The van der Waals surface area contributed by atoms with Gasteiger partial charge in [-0.15, -0.1) is 0 Å². The highest BCUT2D eigenvalue weighted by Gasteiger charge is 2.16. The molecule has 1 atom stereocenters. The van der Waals surface area contributed by atoms with Crippen LogP contribution in [-0.4, -0.2) is 11.7 Å². The Balaban J connectivity index is 2.90. The summed E-state index contributed by atoms with van der Waals surface area (Å²) in [6.45, 7) is 5.38. The predicted octanol–water partition coefficient (Wildman–Crippen LogP) is 3.07. The fourth-order valence-corrected chi connectivity index (χ4v) is 1.44. The van der Waals surface area contributed by atoms with Crippen molar-refractivity contribution >= 4 is 11.6 Å². The molecule has 1 aromatic rings. The molecule has 0 radical (unpaired) electrons. The van der Waals surface area contributed by atoms with E-state index in [-0.39, 0.29) is 12.1 Å². The lowest BCUT2D eigenvalue weighted by atomic mass is 10.1. The average Bonchev–Trinajstić information content (AvgIpc) is 2.12. The zero-order chi connectivity index (χ0) is 12.3. The van der Waals surface area contributed by atoms with Crippen molar-refractivity contribution < 1.29 is 13.9 Å². The minimum Gasteiger partial charge on any atom is -0.507 e. The van der Waals surface area contributed by atoms with Crippen LogP contribution in [0.15, 0.2) is 23.7 Å². The van der Waals surface area contributed by atoms with Crippen molar-refractivity contribution in [2.24, 2.45) is 0 Å². The lowest BCUT2D eigenvalue weighted by Gasteiger charge is -2.16. The number of nitrogens with one attached hydrogen (secondary N) is 1. The predicted molar refractivity (Wildman–Crippen MR) is 59.4 cm³/mol. The molecule has 0 spiro atoms. The number of rotatable bonds is 4. The number of benzene rings is 1. The van der Waals surface area contributed by atoms with Gasteiger partial charge >= 0.3 is 0 Å². The van der Waals surface area contributed by atoms with Gasteiger partial charge in [-0.1, -0.05) is 18.2 Å². The van der Waals surface area contributed by atoms with Crippen LogP contribution in [-0.2, 0) is 0 Å². The van der Waals surface area contributed by atoms with Crippen molar-refractivity contribution in [3.05, 3.63) is 40.9 Å². The Bertz CT molecular complexity index is 386. The second-order valence-electron chi connectivity index (χ2n) is 3.44. The number of aromatic hydroxyl groups is 1. The largest absolute Gasteiger partial charge is 0.507 e. The zero-order valence-corrected chi connectivity index (χ0v) is 9.48. The zero-order valence-electron chi connectivity index (χ0n) is 8.73. The first kappa shape index (κ1) is 12.9. The highest BCUT2D eigenvalue weighted by atomic mass is 35.5. The molecule has 0 fully saturated rings. The molecule has 2 nitrogen and oxygen atoms in total. The number of phenolic OH excluding ortho intramolecular Hbond substituents is 1. The van der Waals surface area contributed by atoms with Crippen molar-refractivity contribution in [1.82, 2.24) is 5.32 Å². The van der Waals surface area contributed by atoms with Crippen molar-refractivity contribution in [2.75, 3.05) is 6.54 Å². The monoisotopic (exact) mass is 247 g/mol. The smallest absolute Gasteiger partial charge is 0.134 e. The fraction of sp³-hybridized carbons (Fsp3) is 0.273. The first-order valence-corrected chi connectivity index (χ1v) is 5.04. The van der Waals surface area contributed by atoms with Gasteiger partial charge in [0, 0.05) is 35.3 Å². The van der Waals surface area contributed by atoms with Crippen LogP contribution in [0.25, 0.3) is 0 Å². The molecule has 0 amide bonds. The first-order valence-electron chi connectivity index (χ1n) is 4.66. The van der Waals surface area contributed by atoms with Gasteiger partial charge in [0.15, 0.2) is 0 Å². The number of hydrogen-bond acceptors (Lipinski definition) is 2. The van der Waals surface area contributed by atoms with Crippen molar-refractivity contribution in [3.63, 3.8) is 0 Å². The molecule has 0 saturated carbocycles. The molecule has 1 rings (SSSR count). The summed E-state index contributed by atoms with van der Waals surface area (Å²) >= 11 is 5.54. The molecule has 1 unspecified atom stereocenters. The van der Waals surface area contributed by atoms with E-state index in [1.165, 1.54) is 0 Å². The highest BCUT2D eigenvalue weighted by molar-refractivity contribution is 6.29. The summed E-state index contributed by atoms with van der Waals surface area (Å²) in [6.07, 6.45) is 0. The minimum atomic E-state index is -0.812. The Morgan fingerprint density at radius 1 is 1.56 bits per heavy atom. The number of hydrogen-bond donors (Lipinski definition) is 2. The summed E-state index contributed by atoms with van der Waals surface area (Å²) in [6, 6.07) is 1.10. The van der Waals surface area contributed by atoms with E-state index in [0.29, 0.717) is 5.03 Å². The molecule has 0 saturated heterocycles. The van der Waals surface area contributed by atoms with E-state index in [2.05, 4.69) is 11.9 Å². The van der Waals surface area contributed by atoms with E-state index in [4.69, 9.17) is 11.6 Å². The maximum absolute atomic E-state index is 13.4. The highest BCUT2D eigenvalue weighted by Crippen LogP contribution is 2.28. The van der Waals surface area contributed by atoms with Crippen molar-refractivity contribution in [3.8, 4) is 5.75 Å². The van der Waals surface area contributed by atoms with Gasteiger partial charge in [0.05, 0.1) is 0 Å². The summed E-state index contributed by atoms with van der Waals surface area (Å²) in [5.41, 5.74) is 0.0133. The molecule has 0 aromatic heterocycles. The Labute approximate surface area is 97.5 Å². The Morgan fingerprint density at radius 2 is 2.19 bits per heavy atom. The van der Waals surface area contributed by atoms with E-state index in [9.17, 15) is 13.9 Å². The second-order valence-corrected chi connectivity index (χ2v) is 3.97. The van der Waals surface area contributed by atoms with Crippen molar-refractivity contribution in [2.45, 2.75) is 13.0 Å². The maximum atomic E-state index is 13.4. The van der Waals surface area contributed by atoms with Crippen LogP contribution in [0, 0.1) is 11.6 Å². The summed E-state index contributed by atoms with van der Waals surface area (Å²) in [5.74, 6) is -2.02. The van der Waals surface area contributed by atoms with Crippen LogP contribution < -0.4 is 5.32 Å². The van der Waals surface area contributed by atoms with Gasteiger partial charge in [-0.25, -0.2) is 8.78 Å². The van der Waals surface area contributed by atoms with Gasteiger partial charge in [0.2, 0.25) is 0 Å². The molecule has 2 N–H and O–H groups in total. The molecule has 0 bridgehead atoms. The third-order valence-corrected chi connectivity index (χ3v) is 2.24. The van der Waals surface area contributed by atoms with Crippen LogP contribution in [0.3, 0.4) is 0 Å². The first-order chi connectivity index (χ1) is 7.41. The third-order valence-electron chi connectivity index (χ3n) is 2.11. The Hall–Kier alpha value is -1.13. The topological polar surface area (TPSA) is 32.3 Å². The van der Waals surface area contributed by atoms with Crippen LogP contribution in [0.2, 0.25) is 0 Å². The SMILES string of the molecule is C=C(Cl)CNC(C)c1c(O)cc(F)cc1F. The number of phenols is 1. The normalized spacial score (nSPS) is 12.5. The molecular formula is C11H12ClF2NO. The standard InChI is InChI=1S/C11H12ClF2NO/c1-6(12)5-15-7(2)11-9(14)3-8(13)4-10(11)16/h3-4,7,15-16H,1,5H2,2H3. The van der Waals surface area contributed by atoms with Crippen LogP contribution >= 0.6 is 11.6 Å². The molecule has 0 aliphatic carbocycles. The van der Waals surface area contributed by atoms with E-state index in [1.54, 1.807) is 6.92 Å². The Kier molecular flexibility index (Phi) is 4.26. The average molecular weight is 248 g/mol. The van der Waals surface area contributed by atoms with Gasteiger partial charge in [0.25, 0.3) is 0 Å². The van der Waals surface area contributed by atoms with E-state index < -0.39 is 23.4 Å². The lowest BCUT2D eigenvalue weighted by Crippen LogP contribution is -2.21. The van der Waals surface area contributed by atoms with E-state index in [1.807, 2.05) is 0 Å². The molecule has 5 heteroatoms. The summed E-state index contributed by atoms with van der Waals surface area (Å²) in [4.78, 5) is 0. The quantitative estimate of drug-likeness (QED) is 0.857. The summed E-state index contributed by atoms with van der Waals surface area (Å²) < 4.78 is 26.1. The molecule has 1 aromatic carbocycles. The van der Waals surface area contributed by atoms with Gasteiger partial charge in [-0.05, 0) is 6.92 Å². The van der Waals surface area contributed by atoms with E-state index in [0.717, 1.165) is 12.1 Å². The summed E-state index contributed by atoms with van der Waals surface area (Å²) in [5, 5.41) is 12.6. The molecule has 0 heterocycles. The maximum Gasteiger partial charge on any atom is 0.134 e. The lowest BCUT2D eigenvalue weighted by molar-refractivity contribution is 0.433. The summed E-state index contributed by atoms with van der Waals surface area (Å²) in [7, 11) is 0. The molecule has 16 heavy (non-hydrogen) atoms. The van der Waals surface area contributed by atoms with Crippen molar-refractivity contribution in [1.29, 1.82) is 0 Å². The van der Waals surface area contributed by atoms with Crippen LogP contribution in [0.5, 0.6) is 5.75 Å². The minimum absolute atomic E-state index is 0.0133. The Morgan fingerprint density at radius 3 is 2.69 bits per heavy atom. The molecule has 0 aliphatic heterocycles. The van der Waals surface area contributed by atoms with Gasteiger partial charge in [-0.3, -0.25) is 0 Å². The van der Waals surface area contributed by atoms with Crippen LogP contribution in [0.1, 0.15) is 18.5 Å². The molecule has 0 aliphatic rings.